The van der Waals surface area contributed by atoms with E-state index in [0.717, 1.165) is 24.4 Å². The lowest BCUT2D eigenvalue weighted by Crippen LogP contribution is -2.33. The van der Waals surface area contributed by atoms with E-state index < -0.39 is 0 Å². The molecule has 0 saturated heterocycles. The number of nitrogens with one attached hydrogen (secondary N) is 1. The van der Waals surface area contributed by atoms with Crippen LogP contribution in [0.5, 0.6) is 0 Å². The highest BCUT2D eigenvalue weighted by Crippen LogP contribution is 2.34. The monoisotopic (exact) mass is 240 g/mol. The lowest BCUT2D eigenvalue weighted by Gasteiger charge is -2.16. The van der Waals surface area contributed by atoms with Crippen molar-refractivity contribution in [2.24, 2.45) is 5.92 Å². The predicted octanol–water partition coefficient (Wildman–Crippen LogP) is 3.17. The first-order valence-electron chi connectivity index (χ1n) is 6.95. The molecule has 1 aliphatic carbocycles. The van der Waals surface area contributed by atoms with Gasteiger partial charge < -0.3 is 5.32 Å². The van der Waals surface area contributed by atoms with E-state index in [1.807, 2.05) is 0 Å². The van der Waals surface area contributed by atoms with Crippen molar-refractivity contribution in [1.29, 1.82) is 0 Å². The summed E-state index contributed by atoms with van der Waals surface area (Å²) < 4.78 is 0. The lowest BCUT2D eigenvalue weighted by atomic mass is 10.1. The second-order valence-corrected chi connectivity index (χ2v) is 5.20. The first-order chi connectivity index (χ1) is 8.86. The van der Waals surface area contributed by atoms with E-state index in [1.165, 1.54) is 23.9 Å². The zero-order valence-electron chi connectivity index (χ0n) is 10.9. The first kappa shape index (κ1) is 11.7. The van der Waals surface area contributed by atoms with Crippen molar-refractivity contribution in [2.45, 2.75) is 32.2 Å². The van der Waals surface area contributed by atoms with Crippen molar-refractivity contribution < 1.29 is 0 Å². The number of rotatable bonds is 5. The molecule has 0 spiro atoms. The molecule has 1 heterocycles. The van der Waals surface area contributed by atoms with Gasteiger partial charge in [0.05, 0.1) is 5.52 Å². The van der Waals surface area contributed by atoms with Crippen LogP contribution in [0.1, 0.15) is 25.5 Å². The third-order valence-corrected chi connectivity index (χ3v) is 3.74. The van der Waals surface area contributed by atoms with Crippen molar-refractivity contribution in [3.63, 3.8) is 0 Å². The molecule has 0 radical (unpaired) electrons. The molecule has 0 aliphatic heterocycles. The van der Waals surface area contributed by atoms with Gasteiger partial charge in [-0.1, -0.05) is 31.2 Å². The first-order valence-corrected chi connectivity index (χ1v) is 6.95. The highest BCUT2D eigenvalue weighted by molar-refractivity contribution is 5.78. The molecule has 3 rings (SSSR count). The number of para-hydroxylation sites is 1. The van der Waals surface area contributed by atoms with Gasteiger partial charge in [-0.2, -0.15) is 0 Å². The van der Waals surface area contributed by atoms with Crippen LogP contribution in [0, 0.1) is 5.92 Å². The number of fused-ring (bicyclic) bond motifs is 1. The fourth-order valence-electron chi connectivity index (χ4n) is 2.61. The van der Waals surface area contributed by atoms with Crippen LogP contribution in [-0.2, 0) is 6.42 Å². The summed E-state index contributed by atoms with van der Waals surface area (Å²) in [6.07, 6.45) is 3.82. The average molecular weight is 240 g/mol. The molecule has 2 nitrogen and oxygen atoms in total. The molecule has 1 aliphatic rings. The Hall–Kier alpha value is -1.41. The number of benzene rings is 1. The maximum Gasteiger partial charge on any atom is 0.0705 e. The van der Waals surface area contributed by atoms with E-state index in [4.69, 9.17) is 4.98 Å². The third-order valence-electron chi connectivity index (χ3n) is 3.74. The number of aromatic nitrogens is 1. The Morgan fingerprint density at radius 3 is 2.83 bits per heavy atom. The van der Waals surface area contributed by atoms with E-state index >= 15 is 0 Å². The van der Waals surface area contributed by atoms with E-state index in [1.54, 1.807) is 0 Å². The fraction of sp³-hybridized carbons (Fsp3) is 0.438. The quantitative estimate of drug-likeness (QED) is 0.868. The highest BCUT2D eigenvalue weighted by atomic mass is 14.9. The molecular weight excluding hydrogens is 220 g/mol. The number of likely N-dealkylation sites (N-methyl/N-ethyl adjacent to an activating group) is 1. The van der Waals surface area contributed by atoms with Crippen LogP contribution in [0.2, 0.25) is 0 Å². The third kappa shape index (κ3) is 2.54. The second kappa shape index (κ2) is 5.07. The summed E-state index contributed by atoms with van der Waals surface area (Å²) in [4.78, 5) is 4.77. The van der Waals surface area contributed by atoms with Gasteiger partial charge in [0.2, 0.25) is 0 Å². The number of hydrogen-bond acceptors (Lipinski definition) is 2. The molecule has 1 atom stereocenters. The van der Waals surface area contributed by atoms with Crippen LogP contribution in [0.4, 0.5) is 0 Å². The van der Waals surface area contributed by atoms with Gasteiger partial charge in [-0.05, 0) is 37.4 Å². The van der Waals surface area contributed by atoms with Crippen molar-refractivity contribution >= 4 is 10.9 Å². The number of nitrogens with zero attached hydrogens (tertiary/aromatic N) is 1. The SMILES string of the molecule is CCNC(Cc1ccc2ccccc2n1)C1CC1. The smallest absolute Gasteiger partial charge is 0.0705 e. The van der Waals surface area contributed by atoms with Crippen LogP contribution in [-0.4, -0.2) is 17.6 Å². The summed E-state index contributed by atoms with van der Waals surface area (Å²) in [5.74, 6) is 0.873. The molecule has 1 unspecified atom stereocenters. The van der Waals surface area contributed by atoms with Gasteiger partial charge in [0.15, 0.2) is 0 Å². The summed E-state index contributed by atoms with van der Waals surface area (Å²) in [6, 6.07) is 13.3. The van der Waals surface area contributed by atoms with Gasteiger partial charge in [-0.25, -0.2) is 0 Å². The molecule has 0 bridgehead atoms. The molecule has 1 fully saturated rings. The van der Waals surface area contributed by atoms with E-state index in [0.29, 0.717) is 6.04 Å². The normalized spacial score (nSPS) is 16.9. The lowest BCUT2D eigenvalue weighted by molar-refractivity contribution is 0.469. The van der Waals surface area contributed by atoms with Crippen molar-refractivity contribution in [3.05, 3.63) is 42.1 Å². The maximum absolute atomic E-state index is 4.77. The molecule has 1 aromatic carbocycles. The molecule has 1 saturated carbocycles. The Labute approximate surface area is 108 Å². The van der Waals surface area contributed by atoms with Crippen molar-refractivity contribution in [2.75, 3.05) is 6.54 Å². The van der Waals surface area contributed by atoms with Gasteiger partial charge in [0, 0.05) is 23.5 Å². The Balaban J connectivity index is 1.80. The summed E-state index contributed by atoms with van der Waals surface area (Å²) in [7, 11) is 0. The minimum Gasteiger partial charge on any atom is -0.314 e. The zero-order chi connectivity index (χ0) is 12.4. The van der Waals surface area contributed by atoms with Crippen molar-refractivity contribution in [3.8, 4) is 0 Å². The van der Waals surface area contributed by atoms with Crippen LogP contribution in [0.15, 0.2) is 36.4 Å². The minimum atomic E-state index is 0.615. The standard InChI is InChI=1S/C16H20N2/c1-2-17-16(13-7-8-13)11-14-10-9-12-5-3-4-6-15(12)18-14/h3-6,9-10,13,16-17H,2,7-8,11H2,1H3. The molecule has 18 heavy (non-hydrogen) atoms. The van der Waals surface area contributed by atoms with E-state index in [2.05, 4.69) is 48.6 Å². The summed E-state index contributed by atoms with van der Waals surface area (Å²) >= 11 is 0. The Bertz CT molecular complexity index is 531. The molecule has 1 aromatic heterocycles. The minimum absolute atomic E-state index is 0.615. The Morgan fingerprint density at radius 2 is 2.06 bits per heavy atom. The van der Waals surface area contributed by atoms with Gasteiger partial charge in [0.1, 0.15) is 0 Å². The summed E-state index contributed by atoms with van der Waals surface area (Å²) in [5, 5.41) is 4.83. The van der Waals surface area contributed by atoms with E-state index in [9.17, 15) is 0 Å². The average Bonchev–Trinajstić information content (AvgIpc) is 3.22. The van der Waals surface area contributed by atoms with Crippen LogP contribution >= 0.6 is 0 Å². The van der Waals surface area contributed by atoms with Crippen LogP contribution in [0.3, 0.4) is 0 Å². The molecular formula is C16H20N2. The Kier molecular flexibility index (Phi) is 3.28. The predicted molar refractivity (Wildman–Crippen MR) is 75.6 cm³/mol. The van der Waals surface area contributed by atoms with Gasteiger partial charge in [0.25, 0.3) is 0 Å². The van der Waals surface area contributed by atoms with E-state index in [-0.39, 0.29) is 0 Å². The summed E-state index contributed by atoms with van der Waals surface area (Å²) in [6.45, 7) is 3.23. The van der Waals surface area contributed by atoms with Gasteiger partial charge in [-0.3, -0.25) is 4.98 Å². The molecule has 94 valence electrons. The van der Waals surface area contributed by atoms with Crippen LogP contribution in [0.25, 0.3) is 10.9 Å². The largest absolute Gasteiger partial charge is 0.314 e. The number of hydrogen-bond donors (Lipinski definition) is 1. The second-order valence-electron chi connectivity index (χ2n) is 5.20. The molecule has 1 N–H and O–H groups in total. The molecule has 0 amide bonds. The maximum atomic E-state index is 4.77. The van der Waals surface area contributed by atoms with Gasteiger partial charge >= 0.3 is 0 Å². The van der Waals surface area contributed by atoms with Crippen molar-refractivity contribution in [1.82, 2.24) is 10.3 Å². The zero-order valence-corrected chi connectivity index (χ0v) is 10.9. The Morgan fingerprint density at radius 1 is 1.22 bits per heavy atom. The number of pyridine rings is 1. The van der Waals surface area contributed by atoms with Crippen LogP contribution < -0.4 is 5.32 Å². The van der Waals surface area contributed by atoms with Gasteiger partial charge in [-0.15, -0.1) is 0 Å². The molecule has 2 aromatic rings. The summed E-state index contributed by atoms with van der Waals surface area (Å²) in [5.41, 5.74) is 2.33. The fourth-order valence-corrected chi connectivity index (χ4v) is 2.61. The topological polar surface area (TPSA) is 24.9 Å². The molecule has 2 heteroatoms. The highest BCUT2D eigenvalue weighted by Gasteiger charge is 2.30.